The number of carbonyl (C=O) groups is 1. The zero-order valence-corrected chi connectivity index (χ0v) is 17.0. The second kappa shape index (κ2) is 9.84. The van der Waals surface area contributed by atoms with E-state index in [1.54, 1.807) is 13.2 Å². The first-order valence-electron chi connectivity index (χ1n) is 10.0. The van der Waals surface area contributed by atoms with Crippen molar-refractivity contribution in [3.8, 4) is 5.75 Å². The van der Waals surface area contributed by atoms with Crippen molar-refractivity contribution in [3.05, 3.63) is 59.7 Å². The van der Waals surface area contributed by atoms with E-state index in [1.807, 2.05) is 29.2 Å². The van der Waals surface area contributed by atoms with E-state index in [9.17, 15) is 18.0 Å². The van der Waals surface area contributed by atoms with Crippen LogP contribution >= 0.6 is 0 Å². The molecule has 0 aromatic heterocycles. The molecule has 0 bridgehead atoms. The topological polar surface area (TPSA) is 46.0 Å². The molecule has 1 heterocycles. The fourth-order valence-corrected chi connectivity index (χ4v) is 3.67. The maximum absolute atomic E-state index is 12.9. The normalized spacial score (nSPS) is 15.1. The number of piperazine rings is 1. The minimum Gasteiger partial charge on any atom is -0.496 e. The Bertz CT molecular complexity index is 850. The number of para-hydroxylation sites is 1. The number of hydrogen-bond acceptors (Lipinski definition) is 3. The highest BCUT2D eigenvalue weighted by atomic mass is 19.4. The predicted octanol–water partition coefficient (Wildman–Crippen LogP) is 1.78. The van der Waals surface area contributed by atoms with Crippen molar-refractivity contribution in [1.29, 1.82) is 0 Å². The SMILES string of the molecule is COc1ccccc1CCNC(=O)C[NH+]1CCN(c2cccc(C(F)(F)F)c2)CC1. The van der Waals surface area contributed by atoms with Crippen LogP contribution in [0.25, 0.3) is 0 Å². The number of halogens is 3. The lowest BCUT2D eigenvalue weighted by atomic mass is 10.1. The Labute approximate surface area is 174 Å². The number of amides is 1. The Balaban J connectivity index is 1.43. The molecule has 1 aliphatic heterocycles. The Kier molecular flexibility index (Phi) is 7.20. The maximum atomic E-state index is 12.9. The first-order chi connectivity index (χ1) is 14.4. The lowest BCUT2D eigenvalue weighted by molar-refractivity contribution is -0.892. The third-order valence-electron chi connectivity index (χ3n) is 5.33. The Morgan fingerprint density at radius 2 is 1.87 bits per heavy atom. The number of quaternary nitrogens is 1. The molecule has 2 N–H and O–H groups in total. The summed E-state index contributed by atoms with van der Waals surface area (Å²) in [6, 6.07) is 13.1. The summed E-state index contributed by atoms with van der Waals surface area (Å²) in [5.74, 6) is 0.788. The van der Waals surface area contributed by atoms with E-state index in [-0.39, 0.29) is 5.91 Å². The van der Waals surface area contributed by atoms with E-state index < -0.39 is 11.7 Å². The highest BCUT2D eigenvalue weighted by Crippen LogP contribution is 2.31. The van der Waals surface area contributed by atoms with Crippen LogP contribution < -0.4 is 19.9 Å². The van der Waals surface area contributed by atoms with Gasteiger partial charge in [0.2, 0.25) is 0 Å². The van der Waals surface area contributed by atoms with Crippen molar-refractivity contribution in [2.75, 3.05) is 51.3 Å². The van der Waals surface area contributed by atoms with E-state index in [0.717, 1.165) is 22.3 Å². The molecule has 1 aliphatic rings. The summed E-state index contributed by atoms with van der Waals surface area (Å²) in [5, 5.41) is 2.94. The minimum atomic E-state index is -4.34. The van der Waals surface area contributed by atoms with Gasteiger partial charge in [-0.25, -0.2) is 0 Å². The molecule has 162 valence electrons. The molecular formula is C22H27F3N3O2+. The minimum absolute atomic E-state index is 0.0209. The summed E-state index contributed by atoms with van der Waals surface area (Å²) in [6.07, 6.45) is -3.65. The number of anilines is 1. The second-order valence-corrected chi connectivity index (χ2v) is 7.37. The number of carbonyl (C=O) groups excluding carboxylic acids is 1. The van der Waals surface area contributed by atoms with Crippen LogP contribution in [0.1, 0.15) is 11.1 Å². The first kappa shape index (κ1) is 22.0. The van der Waals surface area contributed by atoms with E-state index >= 15 is 0 Å². The van der Waals surface area contributed by atoms with Crippen LogP contribution in [-0.4, -0.2) is 52.3 Å². The molecular weight excluding hydrogens is 395 g/mol. The van der Waals surface area contributed by atoms with Crippen molar-refractivity contribution in [3.63, 3.8) is 0 Å². The van der Waals surface area contributed by atoms with Crippen LogP contribution in [0.15, 0.2) is 48.5 Å². The van der Waals surface area contributed by atoms with Gasteiger partial charge in [-0.05, 0) is 36.2 Å². The van der Waals surface area contributed by atoms with Gasteiger partial charge in [0.25, 0.3) is 5.91 Å². The molecule has 2 aromatic carbocycles. The Morgan fingerprint density at radius 1 is 1.13 bits per heavy atom. The summed E-state index contributed by atoms with van der Waals surface area (Å²) in [5.41, 5.74) is 0.983. The number of alkyl halides is 3. The summed E-state index contributed by atoms with van der Waals surface area (Å²) in [7, 11) is 1.62. The zero-order chi connectivity index (χ0) is 21.6. The molecule has 8 heteroatoms. The van der Waals surface area contributed by atoms with E-state index in [4.69, 9.17) is 4.74 Å². The van der Waals surface area contributed by atoms with Crippen LogP contribution in [-0.2, 0) is 17.4 Å². The van der Waals surface area contributed by atoms with Crippen LogP contribution in [0, 0.1) is 0 Å². The fraction of sp³-hybridized carbons (Fsp3) is 0.409. The molecule has 1 amide bonds. The van der Waals surface area contributed by atoms with E-state index in [1.165, 1.54) is 12.1 Å². The molecule has 0 atom stereocenters. The summed E-state index contributed by atoms with van der Waals surface area (Å²) in [6.45, 7) is 3.54. The number of nitrogens with one attached hydrogen (secondary N) is 2. The van der Waals surface area contributed by atoms with Crippen LogP contribution in [0.4, 0.5) is 18.9 Å². The van der Waals surface area contributed by atoms with Crippen LogP contribution in [0.3, 0.4) is 0 Å². The number of hydrogen-bond donors (Lipinski definition) is 2. The number of methoxy groups -OCH3 is 1. The molecule has 0 saturated carbocycles. The van der Waals surface area contributed by atoms with E-state index in [0.29, 0.717) is 51.4 Å². The fourth-order valence-electron chi connectivity index (χ4n) is 3.67. The average Bonchev–Trinajstić information content (AvgIpc) is 2.74. The molecule has 1 fully saturated rings. The third kappa shape index (κ3) is 5.89. The lowest BCUT2D eigenvalue weighted by Crippen LogP contribution is -3.16. The largest absolute Gasteiger partial charge is 0.496 e. The Morgan fingerprint density at radius 3 is 2.57 bits per heavy atom. The van der Waals surface area contributed by atoms with Crippen molar-refractivity contribution in [2.24, 2.45) is 0 Å². The highest BCUT2D eigenvalue weighted by molar-refractivity contribution is 5.76. The molecule has 1 saturated heterocycles. The monoisotopic (exact) mass is 422 g/mol. The standard InChI is InChI=1S/C22H26F3N3O2/c1-30-20-8-3-2-5-17(20)9-10-26-21(29)16-27-11-13-28(14-12-27)19-7-4-6-18(15-19)22(23,24)25/h2-8,15H,9-14,16H2,1H3,(H,26,29)/p+1. The van der Waals surface area contributed by atoms with Crippen molar-refractivity contribution < 1.29 is 27.6 Å². The van der Waals surface area contributed by atoms with Crippen molar-refractivity contribution in [2.45, 2.75) is 12.6 Å². The van der Waals surface area contributed by atoms with Gasteiger partial charge in [-0.1, -0.05) is 24.3 Å². The number of nitrogens with zero attached hydrogens (tertiary/aromatic N) is 1. The lowest BCUT2D eigenvalue weighted by Gasteiger charge is -2.33. The smallest absolute Gasteiger partial charge is 0.416 e. The average molecular weight is 422 g/mol. The molecule has 0 radical (unpaired) electrons. The maximum Gasteiger partial charge on any atom is 0.416 e. The van der Waals surface area contributed by atoms with Gasteiger partial charge in [-0.15, -0.1) is 0 Å². The summed E-state index contributed by atoms with van der Waals surface area (Å²) < 4.78 is 44.1. The van der Waals surface area contributed by atoms with E-state index in [2.05, 4.69) is 5.32 Å². The third-order valence-corrected chi connectivity index (χ3v) is 5.33. The second-order valence-electron chi connectivity index (χ2n) is 7.37. The molecule has 0 aliphatic carbocycles. The molecule has 2 aromatic rings. The van der Waals surface area contributed by atoms with Gasteiger partial charge in [0.1, 0.15) is 5.75 Å². The highest BCUT2D eigenvalue weighted by Gasteiger charge is 2.31. The van der Waals surface area contributed by atoms with Crippen molar-refractivity contribution >= 4 is 11.6 Å². The number of rotatable bonds is 7. The summed E-state index contributed by atoms with van der Waals surface area (Å²) >= 11 is 0. The molecule has 5 nitrogen and oxygen atoms in total. The van der Waals surface area contributed by atoms with Gasteiger partial charge in [0.15, 0.2) is 6.54 Å². The molecule has 0 spiro atoms. The predicted molar refractivity (Wildman–Crippen MR) is 109 cm³/mol. The first-order valence-corrected chi connectivity index (χ1v) is 10.0. The van der Waals surface area contributed by atoms with Gasteiger partial charge in [0, 0.05) is 12.2 Å². The quantitative estimate of drug-likeness (QED) is 0.715. The van der Waals surface area contributed by atoms with Crippen LogP contribution in [0.5, 0.6) is 5.75 Å². The van der Waals surface area contributed by atoms with Gasteiger partial charge in [-0.2, -0.15) is 13.2 Å². The van der Waals surface area contributed by atoms with Gasteiger partial charge < -0.3 is 19.9 Å². The van der Waals surface area contributed by atoms with Gasteiger partial charge in [-0.3, -0.25) is 4.79 Å². The number of benzene rings is 2. The van der Waals surface area contributed by atoms with Gasteiger partial charge in [0.05, 0.1) is 38.9 Å². The zero-order valence-electron chi connectivity index (χ0n) is 17.0. The van der Waals surface area contributed by atoms with Gasteiger partial charge >= 0.3 is 6.18 Å². The molecule has 3 rings (SSSR count). The van der Waals surface area contributed by atoms with Crippen molar-refractivity contribution in [1.82, 2.24) is 5.32 Å². The van der Waals surface area contributed by atoms with Crippen LogP contribution in [0.2, 0.25) is 0 Å². The Hall–Kier alpha value is -2.74. The summed E-state index contributed by atoms with van der Waals surface area (Å²) in [4.78, 5) is 15.3. The molecule has 30 heavy (non-hydrogen) atoms. The molecule has 0 unspecified atom stereocenters. The number of ether oxygens (including phenoxy) is 1.